The molecule has 1 fully saturated rings. The summed E-state index contributed by atoms with van der Waals surface area (Å²) in [6.45, 7) is 14.3. The Hall–Kier alpha value is -0.0800. The standard InChI is InChI=1S/C8H18N2.C2H6/c1-4-10-7(2)5-9-6-8(10)3;1-2/h7-9H,4-6H2,1-3H3;1-2H3. The van der Waals surface area contributed by atoms with Crippen LogP contribution in [0.25, 0.3) is 0 Å². The Morgan fingerprint density at radius 3 is 1.83 bits per heavy atom. The number of nitrogens with zero attached hydrogens (tertiary/aromatic N) is 1. The van der Waals surface area contributed by atoms with Crippen LogP contribution in [-0.2, 0) is 0 Å². The average Bonchev–Trinajstić information content (AvgIpc) is 2.08. The number of hydrogen-bond donors (Lipinski definition) is 1. The molecule has 0 bridgehead atoms. The van der Waals surface area contributed by atoms with Crippen LogP contribution in [0.3, 0.4) is 0 Å². The van der Waals surface area contributed by atoms with Crippen molar-refractivity contribution in [3.8, 4) is 0 Å². The fraction of sp³-hybridized carbons (Fsp3) is 1.00. The number of rotatable bonds is 1. The lowest BCUT2D eigenvalue weighted by molar-refractivity contribution is 0.124. The maximum absolute atomic E-state index is 3.41. The lowest BCUT2D eigenvalue weighted by atomic mass is 10.1. The zero-order valence-electron chi connectivity index (χ0n) is 9.22. The Labute approximate surface area is 77.3 Å². The molecule has 0 amide bonds. The molecule has 0 aromatic heterocycles. The Balaban J connectivity index is 0.000000561. The lowest BCUT2D eigenvalue weighted by Crippen LogP contribution is -2.54. The fourth-order valence-corrected chi connectivity index (χ4v) is 1.79. The van der Waals surface area contributed by atoms with Crippen LogP contribution in [0.15, 0.2) is 0 Å². The summed E-state index contributed by atoms with van der Waals surface area (Å²) in [4.78, 5) is 2.54. The summed E-state index contributed by atoms with van der Waals surface area (Å²) < 4.78 is 0. The minimum atomic E-state index is 0.716. The zero-order valence-corrected chi connectivity index (χ0v) is 9.22. The van der Waals surface area contributed by atoms with Crippen molar-refractivity contribution in [2.45, 2.75) is 46.7 Å². The second kappa shape index (κ2) is 6.44. The van der Waals surface area contributed by atoms with E-state index in [-0.39, 0.29) is 0 Å². The van der Waals surface area contributed by atoms with Gasteiger partial charge in [-0.1, -0.05) is 20.8 Å². The van der Waals surface area contributed by atoms with Gasteiger partial charge in [0.1, 0.15) is 0 Å². The molecule has 0 saturated carbocycles. The summed E-state index contributed by atoms with van der Waals surface area (Å²) in [5, 5.41) is 3.41. The summed E-state index contributed by atoms with van der Waals surface area (Å²) in [5.41, 5.74) is 0. The van der Waals surface area contributed by atoms with E-state index in [1.165, 1.54) is 6.54 Å². The quantitative estimate of drug-likeness (QED) is 0.648. The first-order valence-electron chi connectivity index (χ1n) is 5.22. The van der Waals surface area contributed by atoms with Crippen LogP contribution in [0, 0.1) is 0 Å². The van der Waals surface area contributed by atoms with Crippen LogP contribution < -0.4 is 5.32 Å². The number of hydrogen-bond acceptors (Lipinski definition) is 2. The van der Waals surface area contributed by atoms with Crippen molar-refractivity contribution in [1.82, 2.24) is 10.2 Å². The highest BCUT2D eigenvalue weighted by Crippen LogP contribution is 2.07. The minimum absolute atomic E-state index is 0.716. The van der Waals surface area contributed by atoms with E-state index in [2.05, 4.69) is 31.0 Å². The summed E-state index contributed by atoms with van der Waals surface area (Å²) in [6, 6.07) is 1.43. The van der Waals surface area contributed by atoms with Crippen LogP contribution in [-0.4, -0.2) is 36.6 Å². The van der Waals surface area contributed by atoms with Crippen molar-refractivity contribution >= 4 is 0 Å². The van der Waals surface area contributed by atoms with E-state index >= 15 is 0 Å². The van der Waals surface area contributed by atoms with Gasteiger partial charge in [-0.2, -0.15) is 0 Å². The first-order chi connectivity index (χ1) is 5.75. The van der Waals surface area contributed by atoms with Gasteiger partial charge in [0.15, 0.2) is 0 Å². The van der Waals surface area contributed by atoms with Gasteiger partial charge in [0.25, 0.3) is 0 Å². The van der Waals surface area contributed by atoms with Crippen LogP contribution in [0.2, 0.25) is 0 Å². The highest BCUT2D eigenvalue weighted by molar-refractivity contribution is 4.81. The molecular formula is C10H24N2. The molecule has 0 radical (unpaired) electrons. The SMILES string of the molecule is CC.CCN1C(C)CNCC1C. The molecule has 1 aliphatic rings. The van der Waals surface area contributed by atoms with Gasteiger partial charge in [-0.3, -0.25) is 4.90 Å². The van der Waals surface area contributed by atoms with Gasteiger partial charge in [-0.05, 0) is 20.4 Å². The Morgan fingerprint density at radius 1 is 1.17 bits per heavy atom. The van der Waals surface area contributed by atoms with Gasteiger partial charge in [0, 0.05) is 25.2 Å². The summed E-state index contributed by atoms with van der Waals surface area (Å²) in [5.74, 6) is 0. The summed E-state index contributed by atoms with van der Waals surface area (Å²) >= 11 is 0. The fourth-order valence-electron chi connectivity index (χ4n) is 1.79. The third kappa shape index (κ3) is 3.11. The Morgan fingerprint density at radius 2 is 1.58 bits per heavy atom. The predicted octanol–water partition coefficient (Wildman–Crippen LogP) is 1.71. The largest absolute Gasteiger partial charge is 0.314 e. The predicted molar refractivity (Wildman–Crippen MR) is 55.5 cm³/mol. The monoisotopic (exact) mass is 172 g/mol. The van der Waals surface area contributed by atoms with Gasteiger partial charge in [0.05, 0.1) is 0 Å². The number of piperazine rings is 1. The first-order valence-corrected chi connectivity index (χ1v) is 5.22. The van der Waals surface area contributed by atoms with Crippen molar-refractivity contribution in [3.63, 3.8) is 0 Å². The van der Waals surface area contributed by atoms with E-state index in [9.17, 15) is 0 Å². The molecule has 0 spiro atoms. The molecule has 12 heavy (non-hydrogen) atoms. The Kier molecular flexibility index (Phi) is 6.39. The van der Waals surface area contributed by atoms with Gasteiger partial charge in [-0.25, -0.2) is 0 Å². The van der Waals surface area contributed by atoms with Crippen molar-refractivity contribution < 1.29 is 0 Å². The van der Waals surface area contributed by atoms with E-state index in [1.807, 2.05) is 13.8 Å². The molecule has 2 heteroatoms. The Bertz CT molecular complexity index is 94.0. The number of nitrogens with one attached hydrogen (secondary N) is 1. The summed E-state index contributed by atoms with van der Waals surface area (Å²) in [7, 11) is 0. The van der Waals surface area contributed by atoms with Crippen LogP contribution >= 0.6 is 0 Å². The van der Waals surface area contributed by atoms with Crippen LogP contribution in [0.5, 0.6) is 0 Å². The topological polar surface area (TPSA) is 15.3 Å². The van der Waals surface area contributed by atoms with Crippen molar-refractivity contribution in [1.29, 1.82) is 0 Å². The highest BCUT2D eigenvalue weighted by Gasteiger charge is 2.21. The highest BCUT2D eigenvalue weighted by atomic mass is 15.2. The molecule has 2 atom stereocenters. The van der Waals surface area contributed by atoms with E-state index < -0.39 is 0 Å². The molecule has 1 rings (SSSR count). The molecule has 0 aromatic rings. The van der Waals surface area contributed by atoms with Gasteiger partial charge >= 0.3 is 0 Å². The molecule has 0 aromatic carbocycles. The second-order valence-electron chi connectivity index (χ2n) is 3.19. The van der Waals surface area contributed by atoms with Gasteiger partial charge in [0.2, 0.25) is 0 Å². The molecule has 2 nitrogen and oxygen atoms in total. The lowest BCUT2D eigenvalue weighted by Gasteiger charge is -2.38. The molecule has 0 aliphatic carbocycles. The molecule has 2 unspecified atom stereocenters. The van der Waals surface area contributed by atoms with Gasteiger partial charge < -0.3 is 5.32 Å². The normalized spacial score (nSPS) is 30.8. The van der Waals surface area contributed by atoms with Gasteiger partial charge in [-0.15, -0.1) is 0 Å². The molecular weight excluding hydrogens is 148 g/mol. The molecule has 1 heterocycles. The first kappa shape index (κ1) is 11.9. The average molecular weight is 172 g/mol. The van der Waals surface area contributed by atoms with Crippen molar-refractivity contribution in [3.05, 3.63) is 0 Å². The van der Waals surface area contributed by atoms with E-state index in [4.69, 9.17) is 0 Å². The van der Waals surface area contributed by atoms with Crippen LogP contribution in [0.4, 0.5) is 0 Å². The number of likely N-dealkylation sites (N-methyl/N-ethyl adjacent to an activating group) is 1. The molecule has 1 N–H and O–H groups in total. The molecule has 1 aliphatic heterocycles. The maximum atomic E-state index is 3.41. The third-order valence-electron chi connectivity index (χ3n) is 2.38. The molecule has 1 saturated heterocycles. The van der Waals surface area contributed by atoms with Crippen molar-refractivity contribution in [2.75, 3.05) is 19.6 Å². The van der Waals surface area contributed by atoms with E-state index in [1.54, 1.807) is 0 Å². The maximum Gasteiger partial charge on any atom is 0.0195 e. The summed E-state index contributed by atoms with van der Waals surface area (Å²) in [6.07, 6.45) is 0. The third-order valence-corrected chi connectivity index (χ3v) is 2.38. The van der Waals surface area contributed by atoms with E-state index in [0.29, 0.717) is 12.1 Å². The van der Waals surface area contributed by atoms with E-state index in [0.717, 1.165) is 13.1 Å². The minimum Gasteiger partial charge on any atom is -0.314 e. The zero-order chi connectivity index (χ0) is 9.56. The van der Waals surface area contributed by atoms with Crippen molar-refractivity contribution in [2.24, 2.45) is 0 Å². The molecule has 74 valence electrons. The smallest absolute Gasteiger partial charge is 0.0195 e. The second-order valence-corrected chi connectivity index (χ2v) is 3.19. The van der Waals surface area contributed by atoms with Crippen LogP contribution in [0.1, 0.15) is 34.6 Å².